The van der Waals surface area contributed by atoms with E-state index in [1.54, 1.807) is 7.11 Å². The summed E-state index contributed by atoms with van der Waals surface area (Å²) in [6.45, 7) is 5.00. The second-order valence-corrected chi connectivity index (χ2v) is 8.93. The molecule has 5 heteroatoms. The first-order chi connectivity index (χ1) is 16.6. The van der Waals surface area contributed by atoms with Crippen LogP contribution in [0.5, 0.6) is 5.75 Å². The van der Waals surface area contributed by atoms with E-state index < -0.39 is 0 Å². The quantitative estimate of drug-likeness (QED) is 0.475. The summed E-state index contributed by atoms with van der Waals surface area (Å²) in [6.07, 6.45) is 3.20. The van der Waals surface area contributed by atoms with Crippen LogP contribution in [-0.4, -0.2) is 38.7 Å². The van der Waals surface area contributed by atoms with E-state index in [9.17, 15) is 4.79 Å². The smallest absolute Gasteiger partial charge is 0.251 e. The summed E-state index contributed by atoms with van der Waals surface area (Å²) in [7, 11) is 1.73. The van der Waals surface area contributed by atoms with Crippen molar-refractivity contribution < 1.29 is 9.53 Å². The van der Waals surface area contributed by atoms with Gasteiger partial charge >= 0.3 is 0 Å². The van der Waals surface area contributed by atoms with E-state index in [-0.39, 0.29) is 11.9 Å². The van der Waals surface area contributed by atoms with Crippen LogP contribution in [-0.2, 0) is 6.42 Å². The lowest BCUT2D eigenvalue weighted by Gasteiger charge is -2.34. The van der Waals surface area contributed by atoms with E-state index in [4.69, 9.17) is 4.74 Å². The van der Waals surface area contributed by atoms with Crippen LogP contribution >= 0.6 is 0 Å². The maximum absolute atomic E-state index is 12.7. The molecule has 0 saturated carbocycles. The van der Waals surface area contributed by atoms with Crippen molar-refractivity contribution in [2.24, 2.45) is 0 Å². The van der Waals surface area contributed by atoms with E-state index in [1.165, 1.54) is 11.3 Å². The molecular formula is C29H35N3O2. The highest BCUT2D eigenvalue weighted by atomic mass is 16.5. The summed E-state index contributed by atoms with van der Waals surface area (Å²) in [5, 5.41) is 6.80. The molecule has 1 atom stereocenters. The van der Waals surface area contributed by atoms with Crippen molar-refractivity contribution in [3.8, 4) is 5.75 Å². The van der Waals surface area contributed by atoms with E-state index in [0.29, 0.717) is 11.6 Å². The maximum atomic E-state index is 12.7. The molecule has 1 aliphatic heterocycles. The lowest BCUT2D eigenvalue weighted by atomic mass is 10.0. The average Bonchev–Trinajstić information content (AvgIpc) is 2.90. The average molecular weight is 458 g/mol. The van der Waals surface area contributed by atoms with Crippen molar-refractivity contribution in [3.63, 3.8) is 0 Å². The third kappa shape index (κ3) is 6.17. The fourth-order valence-corrected chi connectivity index (χ4v) is 4.59. The topological polar surface area (TPSA) is 53.6 Å². The molecule has 0 aliphatic carbocycles. The number of nitrogens with zero attached hydrogens (tertiary/aromatic N) is 1. The molecule has 3 aromatic rings. The zero-order valence-electron chi connectivity index (χ0n) is 20.2. The van der Waals surface area contributed by atoms with Gasteiger partial charge in [0, 0.05) is 30.4 Å². The lowest BCUT2D eigenvalue weighted by molar-refractivity contribution is 0.0940. The third-order valence-corrected chi connectivity index (χ3v) is 6.66. The Bertz CT molecular complexity index is 1040. The molecule has 178 valence electrons. The lowest BCUT2D eigenvalue weighted by Crippen LogP contribution is -2.43. The van der Waals surface area contributed by atoms with Crippen molar-refractivity contribution in [1.29, 1.82) is 0 Å². The number of hydrogen-bond acceptors (Lipinski definition) is 4. The van der Waals surface area contributed by atoms with Crippen molar-refractivity contribution in [1.82, 2.24) is 10.6 Å². The number of methoxy groups -OCH3 is 1. The summed E-state index contributed by atoms with van der Waals surface area (Å²) >= 11 is 0. The number of carbonyl (C=O) groups is 1. The monoisotopic (exact) mass is 457 g/mol. The molecule has 1 saturated heterocycles. The number of amides is 1. The van der Waals surface area contributed by atoms with Crippen LogP contribution in [0.1, 0.15) is 47.3 Å². The predicted molar refractivity (Wildman–Crippen MR) is 139 cm³/mol. The minimum absolute atomic E-state index is 0.0251. The molecule has 4 rings (SSSR count). The molecule has 34 heavy (non-hydrogen) atoms. The Morgan fingerprint density at radius 3 is 2.35 bits per heavy atom. The number of ether oxygens (including phenoxy) is 1. The Balaban J connectivity index is 1.22. The van der Waals surface area contributed by atoms with Gasteiger partial charge in [-0.05, 0) is 74.2 Å². The highest BCUT2D eigenvalue weighted by Gasteiger charge is 2.19. The summed E-state index contributed by atoms with van der Waals surface area (Å²) in [6, 6.07) is 26.8. The summed E-state index contributed by atoms with van der Waals surface area (Å²) < 4.78 is 5.45. The fraction of sp³-hybridized carbons (Fsp3) is 0.345. The zero-order valence-corrected chi connectivity index (χ0v) is 20.2. The number of nitrogens with one attached hydrogen (secondary N) is 2. The van der Waals surface area contributed by atoms with Crippen LogP contribution in [0.2, 0.25) is 0 Å². The van der Waals surface area contributed by atoms with Gasteiger partial charge in [-0.15, -0.1) is 0 Å². The molecule has 1 amide bonds. The number of benzene rings is 3. The van der Waals surface area contributed by atoms with Crippen LogP contribution in [0, 0.1) is 0 Å². The Hall–Kier alpha value is -3.31. The number of rotatable bonds is 9. The number of para-hydroxylation sites is 1. The Labute approximate surface area is 203 Å². The molecule has 0 aromatic heterocycles. The van der Waals surface area contributed by atoms with Crippen molar-refractivity contribution >= 4 is 11.6 Å². The molecule has 1 fully saturated rings. The van der Waals surface area contributed by atoms with Gasteiger partial charge in [0.1, 0.15) is 5.75 Å². The molecule has 0 radical (unpaired) electrons. The summed E-state index contributed by atoms with van der Waals surface area (Å²) in [5.74, 6) is 0.923. The molecule has 3 aromatic carbocycles. The van der Waals surface area contributed by atoms with Gasteiger partial charge in [-0.2, -0.15) is 0 Å². The first kappa shape index (κ1) is 23.8. The fourth-order valence-electron chi connectivity index (χ4n) is 4.59. The van der Waals surface area contributed by atoms with Gasteiger partial charge in [-0.25, -0.2) is 0 Å². The van der Waals surface area contributed by atoms with Gasteiger partial charge in [0.2, 0.25) is 0 Å². The SMILES string of the molecule is COc1ccccc1CCNC1CCN(c2ccc(C(=O)N[C@@H](C)c3ccccc3)cc2)CC1. The van der Waals surface area contributed by atoms with Gasteiger partial charge in [0.05, 0.1) is 13.2 Å². The van der Waals surface area contributed by atoms with Gasteiger partial charge < -0.3 is 20.3 Å². The van der Waals surface area contributed by atoms with Crippen molar-refractivity contribution in [2.45, 2.75) is 38.3 Å². The minimum Gasteiger partial charge on any atom is -0.496 e. The van der Waals surface area contributed by atoms with Crippen molar-refractivity contribution in [3.05, 3.63) is 95.6 Å². The minimum atomic E-state index is -0.0409. The molecular weight excluding hydrogens is 422 g/mol. The van der Waals surface area contributed by atoms with Crippen molar-refractivity contribution in [2.75, 3.05) is 31.6 Å². The highest BCUT2D eigenvalue weighted by molar-refractivity contribution is 5.94. The first-order valence-corrected chi connectivity index (χ1v) is 12.2. The van der Waals surface area contributed by atoms with E-state index in [0.717, 1.165) is 50.2 Å². The normalized spacial score (nSPS) is 15.1. The number of piperidine rings is 1. The second kappa shape index (κ2) is 11.7. The van der Waals surface area contributed by atoms with Crippen LogP contribution in [0.3, 0.4) is 0 Å². The highest BCUT2D eigenvalue weighted by Crippen LogP contribution is 2.22. The molecule has 5 nitrogen and oxygen atoms in total. The predicted octanol–water partition coefficient (Wildman–Crippen LogP) is 4.99. The zero-order chi connectivity index (χ0) is 23.8. The Kier molecular flexibility index (Phi) is 8.21. The second-order valence-electron chi connectivity index (χ2n) is 8.93. The van der Waals surface area contributed by atoms with Crippen LogP contribution in [0.15, 0.2) is 78.9 Å². The standard InChI is InChI=1S/C29H35N3O2/c1-22(23-8-4-3-5-9-23)31-29(33)25-12-14-27(15-13-25)32-20-17-26(18-21-32)30-19-16-24-10-6-7-11-28(24)34-2/h3-15,22,26,30H,16-21H2,1-2H3,(H,31,33)/t22-/m0/s1. The van der Waals surface area contributed by atoms with Gasteiger partial charge in [0.25, 0.3) is 5.91 Å². The number of hydrogen-bond donors (Lipinski definition) is 2. The Morgan fingerprint density at radius 2 is 1.65 bits per heavy atom. The largest absolute Gasteiger partial charge is 0.496 e. The molecule has 0 bridgehead atoms. The van der Waals surface area contributed by atoms with Crippen LogP contribution < -0.4 is 20.3 Å². The van der Waals surface area contributed by atoms with E-state index in [1.807, 2.05) is 61.5 Å². The van der Waals surface area contributed by atoms with Gasteiger partial charge in [-0.1, -0.05) is 48.5 Å². The third-order valence-electron chi connectivity index (χ3n) is 6.66. The number of carbonyl (C=O) groups excluding carboxylic acids is 1. The Morgan fingerprint density at radius 1 is 0.971 bits per heavy atom. The van der Waals surface area contributed by atoms with Gasteiger partial charge in [-0.3, -0.25) is 4.79 Å². The summed E-state index contributed by atoms with van der Waals surface area (Å²) in [4.78, 5) is 15.1. The van der Waals surface area contributed by atoms with E-state index in [2.05, 4.69) is 39.8 Å². The number of anilines is 1. The molecule has 2 N–H and O–H groups in total. The molecule has 1 aliphatic rings. The maximum Gasteiger partial charge on any atom is 0.251 e. The summed E-state index contributed by atoms with van der Waals surface area (Å²) in [5.41, 5.74) is 4.23. The van der Waals surface area contributed by atoms with Crippen LogP contribution in [0.4, 0.5) is 5.69 Å². The van der Waals surface area contributed by atoms with E-state index >= 15 is 0 Å². The molecule has 1 heterocycles. The molecule has 0 unspecified atom stereocenters. The van der Waals surface area contributed by atoms with Crippen LogP contribution in [0.25, 0.3) is 0 Å². The first-order valence-electron chi connectivity index (χ1n) is 12.2. The van der Waals surface area contributed by atoms with Gasteiger partial charge in [0.15, 0.2) is 0 Å². The molecule has 0 spiro atoms.